The number of nitrogens with zero attached hydrogens (tertiary/aromatic N) is 4. The normalized spacial score (nSPS) is 10.7. The number of aromatic nitrogens is 4. The van der Waals surface area contributed by atoms with E-state index in [0.717, 1.165) is 48.2 Å². The topological polar surface area (TPSA) is 64.9 Å². The van der Waals surface area contributed by atoms with E-state index < -0.39 is 0 Å². The average Bonchev–Trinajstić information content (AvgIpc) is 2.98. The minimum absolute atomic E-state index is 0.728. The lowest BCUT2D eigenvalue weighted by molar-refractivity contribution is 0.414. The Labute approximate surface area is 147 Å². The molecule has 1 N–H and O–H groups in total. The highest BCUT2D eigenvalue weighted by atomic mass is 16.5. The first-order valence-corrected chi connectivity index (χ1v) is 8.38. The lowest BCUT2D eigenvalue weighted by atomic mass is 10.1. The summed E-state index contributed by atoms with van der Waals surface area (Å²) in [6.45, 7) is 4.82. The summed E-state index contributed by atoms with van der Waals surface area (Å²) in [4.78, 5) is 8.86. The van der Waals surface area contributed by atoms with E-state index in [-0.39, 0.29) is 0 Å². The summed E-state index contributed by atoms with van der Waals surface area (Å²) in [5, 5.41) is 7.78. The summed E-state index contributed by atoms with van der Waals surface area (Å²) >= 11 is 0. The Morgan fingerprint density at radius 2 is 1.92 bits per heavy atom. The fourth-order valence-corrected chi connectivity index (χ4v) is 2.70. The van der Waals surface area contributed by atoms with Crippen LogP contribution in [0.1, 0.15) is 23.4 Å². The zero-order valence-corrected chi connectivity index (χ0v) is 14.9. The Bertz CT molecular complexity index is 826. The highest BCUT2D eigenvalue weighted by Gasteiger charge is 2.06. The van der Waals surface area contributed by atoms with E-state index in [2.05, 4.69) is 32.5 Å². The van der Waals surface area contributed by atoms with Crippen LogP contribution in [-0.4, -0.2) is 33.4 Å². The van der Waals surface area contributed by atoms with E-state index in [1.807, 2.05) is 36.7 Å². The highest BCUT2D eigenvalue weighted by molar-refractivity contribution is 5.36. The van der Waals surface area contributed by atoms with Crippen molar-refractivity contribution in [2.75, 3.05) is 19.0 Å². The van der Waals surface area contributed by atoms with E-state index in [9.17, 15) is 0 Å². The Balaban J connectivity index is 1.55. The minimum atomic E-state index is 0.728. The van der Waals surface area contributed by atoms with Crippen molar-refractivity contribution in [3.05, 3.63) is 59.7 Å². The van der Waals surface area contributed by atoms with E-state index in [4.69, 9.17) is 4.74 Å². The number of ether oxygens (including phenoxy) is 1. The molecule has 6 nitrogen and oxygen atoms in total. The first-order valence-electron chi connectivity index (χ1n) is 8.38. The molecule has 1 aromatic carbocycles. The third-order valence-electron chi connectivity index (χ3n) is 3.96. The second-order valence-corrected chi connectivity index (χ2v) is 5.98. The Kier molecular flexibility index (Phi) is 5.28. The number of hydrogen-bond donors (Lipinski definition) is 1. The second kappa shape index (κ2) is 7.79. The van der Waals surface area contributed by atoms with Crippen LogP contribution in [0.4, 0.5) is 5.82 Å². The van der Waals surface area contributed by atoms with Crippen LogP contribution >= 0.6 is 0 Å². The van der Waals surface area contributed by atoms with Gasteiger partial charge >= 0.3 is 0 Å². The smallest absolute Gasteiger partial charge is 0.174 e. The molecule has 0 radical (unpaired) electrons. The fraction of sp³-hybridized carbons (Fsp3) is 0.316. The molecule has 2 heterocycles. The number of nitrogens with one attached hydrogen (secondary N) is 1. The van der Waals surface area contributed by atoms with Crippen molar-refractivity contribution in [1.82, 2.24) is 19.7 Å². The molecule has 3 aromatic rings. The Morgan fingerprint density at radius 3 is 2.60 bits per heavy atom. The maximum atomic E-state index is 5.18. The summed E-state index contributed by atoms with van der Waals surface area (Å²) in [6, 6.07) is 10.2. The van der Waals surface area contributed by atoms with Crippen LogP contribution in [0.2, 0.25) is 0 Å². The molecule has 25 heavy (non-hydrogen) atoms. The molecular weight excluding hydrogens is 314 g/mol. The molecule has 0 bridgehead atoms. The van der Waals surface area contributed by atoms with Crippen LogP contribution in [0, 0.1) is 13.8 Å². The van der Waals surface area contributed by atoms with E-state index >= 15 is 0 Å². The van der Waals surface area contributed by atoms with Gasteiger partial charge in [0, 0.05) is 12.2 Å². The van der Waals surface area contributed by atoms with Gasteiger partial charge in [0.05, 0.1) is 25.2 Å². The van der Waals surface area contributed by atoms with Gasteiger partial charge in [0.1, 0.15) is 11.6 Å². The molecule has 130 valence electrons. The summed E-state index contributed by atoms with van der Waals surface area (Å²) in [5.41, 5.74) is 3.31. The standard InChI is InChI=1S/C19H23N5O/c1-14-11-15(2)24(23-14)19-13-20-12-18(22-19)21-10-4-5-16-6-8-17(25-3)9-7-16/h6-9,11-13H,4-5,10H2,1-3H3,(H,21,22). The quantitative estimate of drug-likeness (QED) is 0.670. The van der Waals surface area contributed by atoms with Crippen molar-refractivity contribution < 1.29 is 4.74 Å². The van der Waals surface area contributed by atoms with Gasteiger partial charge in [0.25, 0.3) is 0 Å². The van der Waals surface area contributed by atoms with Gasteiger partial charge in [0.2, 0.25) is 0 Å². The van der Waals surface area contributed by atoms with Gasteiger partial charge in [-0.3, -0.25) is 4.98 Å². The molecule has 0 atom stereocenters. The molecule has 6 heteroatoms. The molecule has 3 rings (SSSR count). The SMILES string of the molecule is COc1ccc(CCCNc2cncc(-n3nc(C)cc3C)n2)cc1. The minimum Gasteiger partial charge on any atom is -0.497 e. The van der Waals surface area contributed by atoms with Crippen molar-refractivity contribution >= 4 is 5.82 Å². The largest absolute Gasteiger partial charge is 0.497 e. The molecular formula is C19H23N5O. The maximum Gasteiger partial charge on any atom is 0.174 e. The number of hydrogen-bond acceptors (Lipinski definition) is 5. The van der Waals surface area contributed by atoms with Crippen LogP contribution in [0.3, 0.4) is 0 Å². The molecule has 0 aliphatic carbocycles. The molecule has 0 saturated heterocycles. The van der Waals surface area contributed by atoms with Crippen LogP contribution in [0.15, 0.2) is 42.7 Å². The first kappa shape index (κ1) is 17.0. The van der Waals surface area contributed by atoms with E-state index in [1.54, 1.807) is 19.5 Å². The molecule has 0 aliphatic rings. The molecule has 0 fully saturated rings. The van der Waals surface area contributed by atoms with Crippen LogP contribution < -0.4 is 10.1 Å². The zero-order chi connectivity index (χ0) is 17.6. The van der Waals surface area contributed by atoms with Crippen molar-refractivity contribution in [3.8, 4) is 11.6 Å². The van der Waals surface area contributed by atoms with E-state index in [0.29, 0.717) is 0 Å². The average molecular weight is 337 g/mol. The number of anilines is 1. The third kappa shape index (κ3) is 4.35. The monoisotopic (exact) mass is 337 g/mol. The van der Waals surface area contributed by atoms with E-state index in [1.165, 1.54) is 5.56 Å². The van der Waals surface area contributed by atoms with Gasteiger partial charge in [-0.2, -0.15) is 5.10 Å². The van der Waals surface area contributed by atoms with Crippen LogP contribution in [0.25, 0.3) is 5.82 Å². The fourth-order valence-electron chi connectivity index (χ4n) is 2.70. The molecule has 0 saturated carbocycles. The predicted molar refractivity (Wildman–Crippen MR) is 98.4 cm³/mol. The van der Waals surface area contributed by atoms with Gasteiger partial charge in [-0.1, -0.05) is 12.1 Å². The summed E-state index contributed by atoms with van der Waals surface area (Å²) < 4.78 is 6.99. The zero-order valence-electron chi connectivity index (χ0n) is 14.9. The summed E-state index contributed by atoms with van der Waals surface area (Å²) in [5.74, 6) is 2.38. The third-order valence-corrected chi connectivity index (χ3v) is 3.96. The lowest BCUT2D eigenvalue weighted by Crippen LogP contribution is -2.08. The summed E-state index contributed by atoms with van der Waals surface area (Å²) in [6.07, 6.45) is 5.48. The first-order chi connectivity index (χ1) is 12.2. The molecule has 0 spiro atoms. The van der Waals surface area contributed by atoms with Gasteiger partial charge < -0.3 is 10.1 Å². The Hall–Kier alpha value is -2.89. The van der Waals surface area contributed by atoms with Gasteiger partial charge in [-0.15, -0.1) is 0 Å². The lowest BCUT2D eigenvalue weighted by Gasteiger charge is -2.08. The number of benzene rings is 1. The summed E-state index contributed by atoms with van der Waals surface area (Å²) in [7, 11) is 1.68. The van der Waals surface area contributed by atoms with Gasteiger partial charge in [-0.05, 0) is 50.5 Å². The predicted octanol–water partition coefficient (Wildman–Crippen LogP) is 3.33. The molecule has 2 aromatic heterocycles. The second-order valence-electron chi connectivity index (χ2n) is 5.98. The van der Waals surface area contributed by atoms with Crippen molar-refractivity contribution in [1.29, 1.82) is 0 Å². The van der Waals surface area contributed by atoms with Gasteiger partial charge in [0.15, 0.2) is 5.82 Å². The Morgan fingerprint density at radius 1 is 1.12 bits per heavy atom. The number of methoxy groups -OCH3 is 1. The van der Waals surface area contributed by atoms with Crippen molar-refractivity contribution in [2.24, 2.45) is 0 Å². The van der Waals surface area contributed by atoms with Crippen molar-refractivity contribution in [3.63, 3.8) is 0 Å². The maximum absolute atomic E-state index is 5.18. The number of rotatable bonds is 7. The molecule has 0 amide bonds. The van der Waals surface area contributed by atoms with Crippen LogP contribution in [0.5, 0.6) is 5.75 Å². The highest BCUT2D eigenvalue weighted by Crippen LogP contribution is 2.13. The molecule has 0 unspecified atom stereocenters. The molecule has 0 aliphatic heterocycles. The van der Waals surface area contributed by atoms with Gasteiger partial charge in [-0.25, -0.2) is 9.67 Å². The number of aryl methyl sites for hydroxylation is 3. The van der Waals surface area contributed by atoms with Crippen LogP contribution in [-0.2, 0) is 6.42 Å². The van der Waals surface area contributed by atoms with Crippen molar-refractivity contribution in [2.45, 2.75) is 26.7 Å².